The summed E-state index contributed by atoms with van der Waals surface area (Å²) in [5, 5.41) is 10.8. The van der Waals surface area contributed by atoms with Crippen molar-refractivity contribution in [2.75, 3.05) is 26.2 Å². The number of likely N-dealkylation sites (N-methyl/N-ethyl adjacent to an activating group) is 1. The summed E-state index contributed by atoms with van der Waals surface area (Å²) in [6, 6.07) is 2.08. The molecule has 5 nitrogen and oxygen atoms in total. The van der Waals surface area contributed by atoms with Gasteiger partial charge >= 0.3 is 5.97 Å². The van der Waals surface area contributed by atoms with E-state index in [1.54, 1.807) is 11.3 Å². The van der Waals surface area contributed by atoms with Crippen LogP contribution in [0.25, 0.3) is 0 Å². The van der Waals surface area contributed by atoms with E-state index in [0.29, 0.717) is 26.2 Å². The predicted octanol–water partition coefficient (Wildman–Crippen LogP) is 1.43. The van der Waals surface area contributed by atoms with Gasteiger partial charge in [0, 0.05) is 24.5 Å². The van der Waals surface area contributed by atoms with Gasteiger partial charge in [0.25, 0.3) is 0 Å². The topological polar surface area (TPSA) is 60.9 Å². The maximum absolute atomic E-state index is 12.3. The molecule has 1 amide bonds. The molecule has 20 heavy (non-hydrogen) atoms. The highest BCUT2D eigenvalue weighted by Crippen LogP contribution is 2.23. The van der Waals surface area contributed by atoms with Crippen LogP contribution in [0, 0.1) is 0 Å². The van der Waals surface area contributed by atoms with E-state index in [1.807, 2.05) is 16.7 Å². The average Bonchev–Trinajstić information content (AvgIpc) is 2.90. The lowest BCUT2D eigenvalue weighted by Gasteiger charge is -2.29. The molecular formula is C14H20N2O3S. The molecular weight excluding hydrogens is 276 g/mol. The fraction of sp³-hybridized carbons (Fsp3) is 0.571. The van der Waals surface area contributed by atoms with Crippen molar-refractivity contribution < 1.29 is 14.7 Å². The lowest BCUT2D eigenvalue weighted by atomic mass is 10.1. The van der Waals surface area contributed by atoms with Crippen LogP contribution in [0.4, 0.5) is 0 Å². The first-order valence-corrected chi connectivity index (χ1v) is 7.75. The van der Waals surface area contributed by atoms with Gasteiger partial charge in [-0.1, -0.05) is 6.92 Å². The lowest BCUT2D eigenvalue weighted by molar-refractivity contribution is -0.138. The van der Waals surface area contributed by atoms with Gasteiger partial charge < -0.3 is 10.0 Å². The number of carboxylic acids is 1. The van der Waals surface area contributed by atoms with Crippen LogP contribution in [-0.4, -0.2) is 53.0 Å². The molecule has 0 aromatic carbocycles. The van der Waals surface area contributed by atoms with Crippen LogP contribution in [0.15, 0.2) is 11.4 Å². The third-order valence-corrected chi connectivity index (χ3v) is 4.63. The van der Waals surface area contributed by atoms with E-state index in [2.05, 4.69) is 11.4 Å². The highest BCUT2D eigenvalue weighted by Gasteiger charge is 2.22. The molecule has 0 radical (unpaired) electrons. The molecule has 0 atom stereocenters. The maximum atomic E-state index is 12.3. The van der Waals surface area contributed by atoms with Gasteiger partial charge in [0.15, 0.2) is 0 Å². The summed E-state index contributed by atoms with van der Waals surface area (Å²) < 4.78 is 0. The smallest absolute Gasteiger partial charge is 0.304 e. The Balaban J connectivity index is 1.86. The zero-order valence-electron chi connectivity index (χ0n) is 11.7. The largest absolute Gasteiger partial charge is 0.481 e. The molecule has 2 heterocycles. The first kappa shape index (κ1) is 15.0. The summed E-state index contributed by atoms with van der Waals surface area (Å²) in [5.41, 5.74) is 1.25. The molecule has 1 N–H and O–H groups in total. The Hall–Kier alpha value is -1.40. The van der Waals surface area contributed by atoms with Crippen LogP contribution in [0.5, 0.6) is 0 Å². The van der Waals surface area contributed by atoms with E-state index in [0.717, 1.165) is 13.0 Å². The Morgan fingerprint density at radius 2 is 2.30 bits per heavy atom. The summed E-state index contributed by atoms with van der Waals surface area (Å²) >= 11 is 1.76. The van der Waals surface area contributed by atoms with Gasteiger partial charge in [0.05, 0.1) is 13.0 Å². The van der Waals surface area contributed by atoms with Gasteiger partial charge in [-0.3, -0.25) is 14.5 Å². The van der Waals surface area contributed by atoms with E-state index in [1.165, 1.54) is 10.4 Å². The molecule has 0 aliphatic carbocycles. The second kappa shape index (κ2) is 6.85. The Morgan fingerprint density at radius 3 is 3.00 bits per heavy atom. The fourth-order valence-electron chi connectivity index (χ4n) is 2.36. The van der Waals surface area contributed by atoms with Gasteiger partial charge in [-0.2, -0.15) is 0 Å². The summed E-state index contributed by atoms with van der Waals surface area (Å²) in [7, 11) is 0. The third kappa shape index (κ3) is 3.80. The minimum atomic E-state index is -0.822. The van der Waals surface area contributed by atoms with Gasteiger partial charge in [0.1, 0.15) is 0 Å². The Labute approximate surface area is 122 Å². The van der Waals surface area contributed by atoms with E-state index in [4.69, 9.17) is 5.11 Å². The number of carbonyl (C=O) groups excluding carboxylic acids is 1. The van der Waals surface area contributed by atoms with Crippen LogP contribution in [0.1, 0.15) is 23.8 Å². The molecule has 0 saturated heterocycles. The van der Waals surface area contributed by atoms with Crippen molar-refractivity contribution in [3.8, 4) is 0 Å². The molecule has 1 aromatic heterocycles. The maximum Gasteiger partial charge on any atom is 0.304 e. The van der Waals surface area contributed by atoms with Crippen LogP contribution in [0.2, 0.25) is 0 Å². The predicted molar refractivity (Wildman–Crippen MR) is 77.8 cm³/mol. The van der Waals surface area contributed by atoms with Gasteiger partial charge in [0.2, 0.25) is 5.91 Å². The normalized spacial score (nSPS) is 14.4. The molecule has 2 rings (SSSR count). The zero-order valence-corrected chi connectivity index (χ0v) is 12.5. The highest BCUT2D eigenvalue weighted by atomic mass is 32.1. The summed E-state index contributed by atoms with van der Waals surface area (Å²) in [5.74, 6) is -0.731. The Bertz CT molecular complexity index is 487. The molecule has 0 unspecified atom stereocenters. The Morgan fingerprint density at radius 1 is 1.50 bits per heavy atom. The number of aliphatic carboxylic acids is 1. The molecule has 0 bridgehead atoms. The third-order valence-electron chi connectivity index (χ3n) is 3.61. The van der Waals surface area contributed by atoms with Gasteiger partial charge in [-0.25, -0.2) is 0 Å². The molecule has 6 heteroatoms. The van der Waals surface area contributed by atoms with Crippen LogP contribution >= 0.6 is 11.3 Å². The van der Waals surface area contributed by atoms with Gasteiger partial charge in [-0.15, -0.1) is 11.3 Å². The van der Waals surface area contributed by atoms with Crippen LogP contribution in [0.3, 0.4) is 0 Å². The highest BCUT2D eigenvalue weighted by molar-refractivity contribution is 7.10. The lowest BCUT2D eigenvalue weighted by Crippen LogP contribution is -2.42. The van der Waals surface area contributed by atoms with Crippen molar-refractivity contribution in [2.45, 2.75) is 26.3 Å². The summed E-state index contributed by atoms with van der Waals surface area (Å²) in [6.45, 7) is 4.83. The molecule has 0 fully saturated rings. The number of fused-ring (bicyclic) bond motifs is 1. The van der Waals surface area contributed by atoms with E-state index in [9.17, 15) is 9.59 Å². The van der Waals surface area contributed by atoms with Crippen molar-refractivity contribution in [3.05, 3.63) is 21.9 Å². The number of rotatable bonds is 6. The first-order valence-electron chi connectivity index (χ1n) is 6.87. The van der Waals surface area contributed by atoms with Crippen LogP contribution < -0.4 is 0 Å². The van der Waals surface area contributed by atoms with Crippen molar-refractivity contribution >= 4 is 23.2 Å². The molecule has 1 aliphatic rings. The molecule has 1 aliphatic heterocycles. The van der Waals surface area contributed by atoms with Crippen LogP contribution in [-0.2, 0) is 22.6 Å². The van der Waals surface area contributed by atoms with Crippen molar-refractivity contribution in [1.29, 1.82) is 0 Å². The zero-order chi connectivity index (χ0) is 14.5. The second-order valence-corrected chi connectivity index (χ2v) is 5.95. The summed E-state index contributed by atoms with van der Waals surface area (Å²) in [6.07, 6.45) is 1.01. The van der Waals surface area contributed by atoms with Crippen molar-refractivity contribution in [2.24, 2.45) is 0 Å². The number of hydrogen-bond donors (Lipinski definition) is 1. The number of carbonyl (C=O) groups is 2. The number of hydrogen-bond acceptors (Lipinski definition) is 4. The van der Waals surface area contributed by atoms with E-state index < -0.39 is 5.97 Å². The van der Waals surface area contributed by atoms with E-state index >= 15 is 0 Å². The van der Waals surface area contributed by atoms with E-state index in [-0.39, 0.29) is 12.3 Å². The molecule has 1 aromatic rings. The standard InChI is InChI=1S/C14H20N2O3S/c1-2-15(6-4-14(18)19)10-13(17)16-7-3-12-11(9-16)5-8-20-12/h5,8H,2-4,6-7,9-10H2,1H3,(H,18,19). The molecule has 0 saturated carbocycles. The Kier molecular flexibility index (Phi) is 5.14. The molecule has 0 spiro atoms. The number of thiophene rings is 1. The number of amides is 1. The second-order valence-electron chi connectivity index (χ2n) is 4.95. The first-order chi connectivity index (χ1) is 9.60. The SMILES string of the molecule is CCN(CCC(=O)O)CC(=O)N1CCc2sccc2C1. The average molecular weight is 296 g/mol. The minimum absolute atomic E-state index is 0.0792. The molecule has 110 valence electrons. The van der Waals surface area contributed by atoms with Crippen molar-refractivity contribution in [3.63, 3.8) is 0 Å². The van der Waals surface area contributed by atoms with Gasteiger partial charge in [-0.05, 0) is 30.0 Å². The van der Waals surface area contributed by atoms with Crippen molar-refractivity contribution in [1.82, 2.24) is 9.80 Å². The number of carboxylic acid groups (broad SMARTS) is 1. The quantitative estimate of drug-likeness (QED) is 0.862. The minimum Gasteiger partial charge on any atom is -0.481 e. The fourth-order valence-corrected chi connectivity index (χ4v) is 3.25. The summed E-state index contributed by atoms with van der Waals surface area (Å²) in [4.78, 5) is 28.0. The monoisotopic (exact) mass is 296 g/mol. The number of nitrogens with zero attached hydrogens (tertiary/aromatic N) is 2.